The fourth-order valence-corrected chi connectivity index (χ4v) is 2.96. The summed E-state index contributed by atoms with van der Waals surface area (Å²) in [6, 6.07) is 2.44. The van der Waals surface area contributed by atoms with Gasteiger partial charge in [-0.2, -0.15) is 4.98 Å². The smallest absolute Gasteiger partial charge is 0.245 e. The van der Waals surface area contributed by atoms with Crippen LogP contribution in [0.1, 0.15) is 6.92 Å². The molecule has 2 aromatic heterocycles. The lowest BCUT2D eigenvalue weighted by Crippen LogP contribution is -2.49. The minimum Gasteiger partial charge on any atom is -0.496 e. The van der Waals surface area contributed by atoms with Crippen LogP contribution in [0.2, 0.25) is 0 Å². The van der Waals surface area contributed by atoms with E-state index in [4.69, 9.17) is 4.74 Å². The molecule has 0 aliphatic carbocycles. The van der Waals surface area contributed by atoms with E-state index in [9.17, 15) is 0 Å². The van der Waals surface area contributed by atoms with E-state index < -0.39 is 0 Å². The number of thiophene rings is 1. The topological polar surface area (TPSA) is 66.1 Å². The normalized spacial score (nSPS) is 19.7. The molecule has 2 N–H and O–H groups in total. The summed E-state index contributed by atoms with van der Waals surface area (Å²) in [5.74, 6) is 2.43. The summed E-state index contributed by atoms with van der Waals surface area (Å²) in [5, 5.41) is 12.7. The van der Waals surface area contributed by atoms with Crippen molar-refractivity contribution in [3.8, 4) is 16.5 Å². The molecule has 0 unspecified atom stereocenters. The molecular weight excluding hydrogens is 262 g/mol. The summed E-state index contributed by atoms with van der Waals surface area (Å²) in [6.45, 7) is 5.02. The molecule has 1 saturated heterocycles. The highest BCUT2D eigenvalue weighted by Crippen LogP contribution is 2.29. The maximum Gasteiger partial charge on any atom is 0.245 e. The zero-order valence-corrected chi connectivity index (χ0v) is 11.8. The third-order valence-electron chi connectivity index (χ3n) is 3.17. The molecule has 19 heavy (non-hydrogen) atoms. The van der Waals surface area contributed by atoms with Gasteiger partial charge in [-0.3, -0.25) is 5.10 Å². The Hall–Kier alpha value is -1.60. The van der Waals surface area contributed by atoms with E-state index in [-0.39, 0.29) is 0 Å². The van der Waals surface area contributed by atoms with Crippen LogP contribution in [-0.4, -0.2) is 48.0 Å². The Balaban J connectivity index is 1.78. The van der Waals surface area contributed by atoms with Gasteiger partial charge in [0.2, 0.25) is 5.95 Å². The molecule has 102 valence electrons. The first-order chi connectivity index (χ1) is 9.26. The molecular formula is C12H17N5OS. The Morgan fingerprint density at radius 1 is 1.53 bits per heavy atom. The lowest BCUT2D eigenvalue weighted by atomic mass is 10.2. The van der Waals surface area contributed by atoms with Crippen LogP contribution >= 0.6 is 11.3 Å². The predicted molar refractivity (Wildman–Crippen MR) is 75.9 cm³/mol. The van der Waals surface area contributed by atoms with E-state index in [1.807, 2.05) is 11.4 Å². The number of anilines is 1. The molecule has 7 heteroatoms. The van der Waals surface area contributed by atoms with Crippen LogP contribution in [0.3, 0.4) is 0 Å². The number of methoxy groups -OCH3 is 1. The minimum absolute atomic E-state index is 0.470. The summed E-state index contributed by atoms with van der Waals surface area (Å²) in [7, 11) is 1.67. The standard InChI is InChI=1S/C12H17N5OS/c1-8-6-17(4-3-13-8)12-14-11(15-16-12)10-5-9(18-2)7-19-10/h5,7-8,13H,3-4,6H2,1-2H3,(H,14,15,16)/t8-/m1/s1. The molecule has 6 nitrogen and oxygen atoms in total. The van der Waals surface area contributed by atoms with Crippen molar-refractivity contribution in [3.63, 3.8) is 0 Å². The first-order valence-corrected chi connectivity index (χ1v) is 7.18. The predicted octanol–water partition coefficient (Wildman–Crippen LogP) is 1.34. The van der Waals surface area contributed by atoms with Crippen molar-refractivity contribution in [2.75, 3.05) is 31.6 Å². The highest BCUT2D eigenvalue weighted by molar-refractivity contribution is 7.13. The average Bonchev–Trinajstić information content (AvgIpc) is 3.07. The molecule has 0 radical (unpaired) electrons. The number of nitrogens with zero attached hydrogens (tertiary/aromatic N) is 3. The van der Waals surface area contributed by atoms with Crippen LogP contribution in [0.5, 0.6) is 5.75 Å². The van der Waals surface area contributed by atoms with E-state index in [0.29, 0.717) is 6.04 Å². The quantitative estimate of drug-likeness (QED) is 0.887. The molecule has 0 amide bonds. The van der Waals surface area contributed by atoms with Crippen molar-refractivity contribution in [2.24, 2.45) is 0 Å². The molecule has 2 aromatic rings. The third kappa shape index (κ3) is 2.57. The molecule has 3 rings (SSSR count). The van der Waals surface area contributed by atoms with Gasteiger partial charge in [-0.15, -0.1) is 16.4 Å². The molecule has 0 spiro atoms. The third-order valence-corrected chi connectivity index (χ3v) is 4.09. The Morgan fingerprint density at radius 2 is 2.42 bits per heavy atom. The average molecular weight is 279 g/mol. The number of aromatic amines is 1. The van der Waals surface area contributed by atoms with Crippen molar-refractivity contribution >= 4 is 17.3 Å². The number of H-pyrrole nitrogens is 1. The number of ether oxygens (including phenoxy) is 1. The monoisotopic (exact) mass is 279 g/mol. The molecule has 1 aliphatic rings. The van der Waals surface area contributed by atoms with Gasteiger partial charge >= 0.3 is 0 Å². The Labute approximate surface area is 115 Å². The van der Waals surface area contributed by atoms with Gasteiger partial charge < -0.3 is 15.0 Å². The van der Waals surface area contributed by atoms with Crippen LogP contribution in [0.25, 0.3) is 10.7 Å². The van der Waals surface area contributed by atoms with E-state index in [1.54, 1.807) is 18.4 Å². The Bertz CT molecular complexity index is 552. The number of hydrogen-bond acceptors (Lipinski definition) is 6. The largest absolute Gasteiger partial charge is 0.496 e. The molecule has 3 heterocycles. The number of nitrogens with one attached hydrogen (secondary N) is 2. The molecule has 0 bridgehead atoms. The summed E-state index contributed by atoms with van der Waals surface area (Å²) in [6.07, 6.45) is 0. The fourth-order valence-electron chi connectivity index (χ4n) is 2.17. The van der Waals surface area contributed by atoms with Crippen molar-refractivity contribution in [1.82, 2.24) is 20.5 Å². The summed E-state index contributed by atoms with van der Waals surface area (Å²) >= 11 is 1.60. The first kappa shape index (κ1) is 12.4. The number of piperazine rings is 1. The van der Waals surface area contributed by atoms with Crippen LogP contribution < -0.4 is 15.0 Å². The van der Waals surface area contributed by atoms with Gasteiger partial charge in [0.15, 0.2) is 5.82 Å². The van der Waals surface area contributed by atoms with Gasteiger partial charge in [-0.05, 0) is 6.92 Å². The lowest BCUT2D eigenvalue weighted by Gasteiger charge is -2.30. The highest BCUT2D eigenvalue weighted by atomic mass is 32.1. The second kappa shape index (κ2) is 5.18. The van der Waals surface area contributed by atoms with Crippen LogP contribution in [0.4, 0.5) is 5.95 Å². The van der Waals surface area contributed by atoms with Crippen LogP contribution in [0.15, 0.2) is 11.4 Å². The molecule has 1 fully saturated rings. The number of hydrogen-bond donors (Lipinski definition) is 2. The van der Waals surface area contributed by atoms with Gasteiger partial charge in [0.1, 0.15) is 5.75 Å². The molecule has 0 saturated carbocycles. The van der Waals surface area contributed by atoms with Crippen LogP contribution in [-0.2, 0) is 0 Å². The summed E-state index contributed by atoms with van der Waals surface area (Å²) in [4.78, 5) is 7.81. The maximum absolute atomic E-state index is 5.18. The van der Waals surface area contributed by atoms with E-state index in [2.05, 4.69) is 32.3 Å². The van der Waals surface area contributed by atoms with Crippen molar-refractivity contribution < 1.29 is 4.74 Å². The zero-order chi connectivity index (χ0) is 13.2. The minimum atomic E-state index is 0.470. The SMILES string of the molecule is COc1csc(-c2nc(N3CCN[C@H](C)C3)n[nH]2)c1. The van der Waals surface area contributed by atoms with Gasteiger partial charge in [0.05, 0.1) is 12.0 Å². The van der Waals surface area contributed by atoms with E-state index in [1.165, 1.54) is 0 Å². The van der Waals surface area contributed by atoms with Gasteiger partial charge in [0.25, 0.3) is 0 Å². The summed E-state index contributed by atoms with van der Waals surface area (Å²) in [5.41, 5.74) is 0. The Kier molecular flexibility index (Phi) is 3.39. The molecule has 0 aromatic carbocycles. The lowest BCUT2D eigenvalue weighted by molar-refractivity contribution is 0.417. The summed E-state index contributed by atoms with van der Waals surface area (Å²) < 4.78 is 5.18. The zero-order valence-electron chi connectivity index (χ0n) is 11.0. The van der Waals surface area contributed by atoms with E-state index in [0.717, 1.165) is 42.0 Å². The Morgan fingerprint density at radius 3 is 3.16 bits per heavy atom. The first-order valence-electron chi connectivity index (χ1n) is 6.30. The van der Waals surface area contributed by atoms with Crippen molar-refractivity contribution in [1.29, 1.82) is 0 Å². The van der Waals surface area contributed by atoms with Crippen molar-refractivity contribution in [3.05, 3.63) is 11.4 Å². The van der Waals surface area contributed by atoms with Crippen LogP contribution in [0, 0.1) is 0 Å². The highest BCUT2D eigenvalue weighted by Gasteiger charge is 2.19. The second-order valence-electron chi connectivity index (χ2n) is 4.64. The van der Waals surface area contributed by atoms with E-state index >= 15 is 0 Å². The maximum atomic E-state index is 5.18. The fraction of sp³-hybridized carbons (Fsp3) is 0.500. The van der Waals surface area contributed by atoms with Gasteiger partial charge in [-0.25, -0.2) is 0 Å². The second-order valence-corrected chi connectivity index (χ2v) is 5.55. The van der Waals surface area contributed by atoms with Gasteiger partial charge in [-0.1, -0.05) is 0 Å². The number of rotatable bonds is 3. The van der Waals surface area contributed by atoms with Gasteiger partial charge in [0, 0.05) is 37.1 Å². The number of aromatic nitrogens is 3. The van der Waals surface area contributed by atoms with Crippen molar-refractivity contribution in [2.45, 2.75) is 13.0 Å². The molecule has 1 aliphatic heterocycles. The molecule has 1 atom stereocenters.